The minimum atomic E-state index is -0.913. The van der Waals surface area contributed by atoms with Crippen molar-refractivity contribution in [1.29, 1.82) is 0 Å². The molecule has 3 N–H and O–H groups in total. The Hall–Kier alpha value is -1.66. The number of nitrogen functional groups attached to an aromatic ring is 1. The number of likely N-dealkylation sites (N-methyl/N-ethyl adjacent to an activating group) is 1. The molecule has 0 aliphatic heterocycles. The van der Waals surface area contributed by atoms with E-state index in [4.69, 9.17) is 5.73 Å². The minimum Gasteiger partial charge on any atom is -0.389 e. The molecule has 6 heteroatoms. The van der Waals surface area contributed by atoms with Crippen molar-refractivity contribution in [2.75, 3.05) is 19.3 Å². The average Bonchev–Trinajstić information content (AvgIpc) is 2.64. The molecule has 0 aliphatic rings. The number of aromatic nitrogens is 1. The predicted molar refractivity (Wildman–Crippen MR) is 77.3 cm³/mol. The first-order chi connectivity index (χ1) is 8.76. The summed E-state index contributed by atoms with van der Waals surface area (Å²) in [7, 11) is 1.67. The summed E-state index contributed by atoms with van der Waals surface area (Å²) in [6.45, 7) is 3.61. The molecule has 0 atom stereocenters. The fourth-order valence-corrected chi connectivity index (χ4v) is 2.72. The van der Waals surface area contributed by atoms with Crippen LogP contribution in [0.25, 0.3) is 10.2 Å². The van der Waals surface area contributed by atoms with Crippen LogP contribution in [0.3, 0.4) is 0 Å². The fraction of sp³-hybridized carbons (Fsp3) is 0.385. The molecule has 1 aromatic carbocycles. The Bertz CT molecular complexity index is 616. The van der Waals surface area contributed by atoms with E-state index in [2.05, 4.69) is 4.98 Å². The number of nitrogens with zero attached hydrogens (tertiary/aromatic N) is 2. The van der Waals surface area contributed by atoms with Gasteiger partial charge in [-0.25, -0.2) is 4.98 Å². The highest BCUT2D eigenvalue weighted by atomic mass is 32.1. The largest absolute Gasteiger partial charge is 0.389 e. The minimum absolute atomic E-state index is 0.129. The second kappa shape index (κ2) is 4.79. The van der Waals surface area contributed by atoms with Gasteiger partial charge in [0.05, 0.1) is 15.8 Å². The van der Waals surface area contributed by atoms with E-state index in [-0.39, 0.29) is 12.5 Å². The molecule has 0 saturated heterocycles. The van der Waals surface area contributed by atoms with E-state index in [1.165, 1.54) is 16.2 Å². The van der Waals surface area contributed by atoms with Gasteiger partial charge in [0.25, 0.3) is 5.91 Å². The van der Waals surface area contributed by atoms with E-state index in [9.17, 15) is 9.90 Å². The SMILES string of the molecule is CN(CC(C)(C)O)C(=O)c1ccc2nc(N)sc2c1. The lowest BCUT2D eigenvalue weighted by Gasteiger charge is -2.25. The molecule has 5 nitrogen and oxygen atoms in total. The molecule has 102 valence electrons. The quantitative estimate of drug-likeness (QED) is 0.896. The molecule has 0 bridgehead atoms. The molecule has 19 heavy (non-hydrogen) atoms. The predicted octanol–water partition coefficient (Wildman–Crippen LogP) is 1.72. The zero-order valence-corrected chi connectivity index (χ0v) is 12.0. The number of nitrogens with two attached hydrogens (primary N) is 1. The van der Waals surface area contributed by atoms with Gasteiger partial charge < -0.3 is 15.7 Å². The van der Waals surface area contributed by atoms with Crippen LogP contribution >= 0.6 is 11.3 Å². The Morgan fingerprint density at radius 2 is 2.21 bits per heavy atom. The van der Waals surface area contributed by atoms with E-state index in [1.807, 2.05) is 0 Å². The molecule has 1 heterocycles. The van der Waals surface area contributed by atoms with Crippen molar-refractivity contribution in [3.05, 3.63) is 23.8 Å². The van der Waals surface area contributed by atoms with Crippen LogP contribution in [0.5, 0.6) is 0 Å². The van der Waals surface area contributed by atoms with Crippen LogP contribution in [0.2, 0.25) is 0 Å². The van der Waals surface area contributed by atoms with Gasteiger partial charge in [-0.2, -0.15) is 0 Å². The third-order valence-corrected chi connectivity index (χ3v) is 3.47. The van der Waals surface area contributed by atoms with Crippen LogP contribution in [-0.4, -0.2) is 40.1 Å². The zero-order chi connectivity index (χ0) is 14.2. The van der Waals surface area contributed by atoms with Gasteiger partial charge >= 0.3 is 0 Å². The van der Waals surface area contributed by atoms with Gasteiger partial charge in [0, 0.05) is 19.2 Å². The van der Waals surface area contributed by atoms with Crippen molar-refractivity contribution in [2.45, 2.75) is 19.4 Å². The summed E-state index contributed by atoms with van der Waals surface area (Å²) >= 11 is 1.36. The number of rotatable bonds is 3. The molecule has 0 spiro atoms. The first kappa shape index (κ1) is 13.8. The van der Waals surface area contributed by atoms with Crippen molar-refractivity contribution >= 4 is 32.6 Å². The smallest absolute Gasteiger partial charge is 0.253 e. The summed E-state index contributed by atoms with van der Waals surface area (Å²) in [4.78, 5) is 17.9. The number of aliphatic hydroxyl groups is 1. The highest BCUT2D eigenvalue weighted by Crippen LogP contribution is 2.25. The summed E-state index contributed by atoms with van der Waals surface area (Å²) in [6.07, 6.45) is 0. The molecule has 2 aromatic rings. The lowest BCUT2D eigenvalue weighted by Crippen LogP contribution is -2.39. The molecular weight excluding hydrogens is 262 g/mol. The Labute approximate surface area is 115 Å². The second-order valence-electron chi connectivity index (χ2n) is 5.21. The van der Waals surface area contributed by atoms with E-state index in [0.29, 0.717) is 10.7 Å². The maximum absolute atomic E-state index is 12.2. The Kier molecular flexibility index (Phi) is 3.47. The Balaban J connectivity index is 2.25. The number of fused-ring (bicyclic) bond motifs is 1. The molecule has 2 rings (SSSR count). The summed E-state index contributed by atoms with van der Waals surface area (Å²) in [5, 5.41) is 10.2. The molecule has 0 aliphatic carbocycles. The number of anilines is 1. The van der Waals surface area contributed by atoms with Crippen LogP contribution < -0.4 is 5.73 Å². The average molecular weight is 279 g/mol. The first-order valence-electron chi connectivity index (χ1n) is 5.90. The van der Waals surface area contributed by atoms with Crippen LogP contribution in [0.4, 0.5) is 5.13 Å². The number of hydrogen-bond acceptors (Lipinski definition) is 5. The van der Waals surface area contributed by atoms with E-state index < -0.39 is 5.60 Å². The molecule has 0 fully saturated rings. The standard InChI is InChI=1S/C13H17N3O2S/c1-13(2,18)7-16(3)11(17)8-4-5-9-10(6-8)19-12(14)15-9/h4-6,18H,7H2,1-3H3,(H2,14,15). The second-order valence-corrected chi connectivity index (χ2v) is 6.27. The summed E-state index contributed by atoms with van der Waals surface area (Å²) in [5.41, 5.74) is 6.09. The number of benzene rings is 1. The maximum Gasteiger partial charge on any atom is 0.253 e. The van der Waals surface area contributed by atoms with Crippen LogP contribution in [-0.2, 0) is 0 Å². The zero-order valence-electron chi connectivity index (χ0n) is 11.2. The Morgan fingerprint density at radius 3 is 2.84 bits per heavy atom. The normalized spacial score (nSPS) is 11.8. The number of thiazole rings is 1. The maximum atomic E-state index is 12.2. The summed E-state index contributed by atoms with van der Waals surface area (Å²) in [6, 6.07) is 5.30. The van der Waals surface area contributed by atoms with Crippen molar-refractivity contribution < 1.29 is 9.90 Å². The van der Waals surface area contributed by atoms with Gasteiger partial charge in [-0.05, 0) is 32.0 Å². The molecular formula is C13H17N3O2S. The third-order valence-electron chi connectivity index (χ3n) is 2.62. The van der Waals surface area contributed by atoms with Gasteiger partial charge in [-0.3, -0.25) is 4.79 Å². The van der Waals surface area contributed by atoms with Crippen LogP contribution in [0, 0.1) is 0 Å². The van der Waals surface area contributed by atoms with Gasteiger partial charge in [0.15, 0.2) is 5.13 Å². The third kappa shape index (κ3) is 3.21. The summed E-state index contributed by atoms with van der Waals surface area (Å²) in [5.74, 6) is -0.129. The highest BCUT2D eigenvalue weighted by Gasteiger charge is 2.20. The molecule has 0 radical (unpaired) electrons. The van der Waals surface area contributed by atoms with Crippen molar-refractivity contribution in [1.82, 2.24) is 9.88 Å². The van der Waals surface area contributed by atoms with Gasteiger partial charge in [0.2, 0.25) is 0 Å². The topological polar surface area (TPSA) is 79.5 Å². The monoisotopic (exact) mass is 279 g/mol. The van der Waals surface area contributed by atoms with Crippen molar-refractivity contribution in [3.8, 4) is 0 Å². The van der Waals surface area contributed by atoms with Gasteiger partial charge in [-0.1, -0.05) is 11.3 Å². The molecule has 1 amide bonds. The van der Waals surface area contributed by atoms with Gasteiger partial charge in [0.1, 0.15) is 0 Å². The molecule has 0 saturated carbocycles. The highest BCUT2D eigenvalue weighted by molar-refractivity contribution is 7.22. The van der Waals surface area contributed by atoms with Gasteiger partial charge in [-0.15, -0.1) is 0 Å². The number of hydrogen-bond donors (Lipinski definition) is 2. The lowest BCUT2D eigenvalue weighted by molar-refractivity contribution is 0.0368. The molecule has 1 aromatic heterocycles. The number of carbonyl (C=O) groups is 1. The van der Waals surface area contributed by atoms with E-state index in [0.717, 1.165) is 10.2 Å². The lowest BCUT2D eigenvalue weighted by atomic mass is 10.1. The van der Waals surface area contributed by atoms with Crippen molar-refractivity contribution in [3.63, 3.8) is 0 Å². The number of carbonyl (C=O) groups excluding carboxylic acids is 1. The van der Waals surface area contributed by atoms with E-state index in [1.54, 1.807) is 39.1 Å². The molecule has 0 unspecified atom stereocenters. The summed E-state index contributed by atoms with van der Waals surface area (Å²) < 4.78 is 0.889. The van der Waals surface area contributed by atoms with E-state index >= 15 is 0 Å². The Morgan fingerprint density at radius 1 is 1.53 bits per heavy atom. The first-order valence-corrected chi connectivity index (χ1v) is 6.72. The van der Waals surface area contributed by atoms with Crippen molar-refractivity contribution in [2.24, 2.45) is 0 Å². The van der Waals surface area contributed by atoms with Crippen LogP contribution in [0.15, 0.2) is 18.2 Å². The fourth-order valence-electron chi connectivity index (χ4n) is 1.95. The number of amides is 1. The van der Waals surface area contributed by atoms with Crippen LogP contribution in [0.1, 0.15) is 24.2 Å².